The second-order valence-corrected chi connectivity index (χ2v) is 4.98. The molecule has 20 heavy (non-hydrogen) atoms. The highest BCUT2D eigenvalue weighted by Crippen LogP contribution is 2.29. The van der Waals surface area contributed by atoms with E-state index in [1.165, 1.54) is 16.7 Å². The van der Waals surface area contributed by atoms with Crippen LogP contribution in [-0.4, -0.2) is 5.11 Å². The Hall–Kier alpha value is -2.28. The zero-order valence-electron chi connectivity index (χ0n) is 11.9. The number of aryl methyl sites for hydroxylation is 1. The number of hydrogen-bond acceptors (Lipinski definition) is 1. The zero-order chi connectivity index (χ0) is 14.5. The van der Waals surface area contributed by atoms with Crippen LogP contribution in [0.5, 0.6) is 5.75 Å². The van der Waals surface area contributed by atoms with Crippen LogP contribution in [0.3, 0.4) is 0 Å². The molecule has 2 rings (SSSR count). The molecule has 2 aromatic rings. The molecule has 0 bridgehead atoms. The first-order valence-electron chi connectivity index (χ1n) is 6.79. The Morgan fingerprint density at radius 1 is 1.00 bits per heavy atom. The number of hydrogen-bond donors (Lipinski definition) is 1. The minimum Gasteiger partial charge on any atom is -0.508 e. The fourth-order valence-corrected chi connectivity index (χ4v) is 2.35. The van der Waals surface area contributed by atoms with Gasteiger partial charge in [0.15, 0.2) is 0 Å². The van der Waals surface area contributed by atoms with Crippen LogP contribution in [0.15, 0.2) is 61.7 Å². The van der Waals surface area contributed by atoms with Crippen LogP contribution in [0, 0.1) is 6.92 Å². The molecule has 1 nitrogen and oxygen atoms in total. The third kappa shape index (κ3) is 3.00. The van der Waals surface area contributed by atoms with Crippen LogP contribution in [0.4, 0.5) is 0 Å². The van der Waals surface area contributed by atoms with Gasteiger partial charge in [0, 0.05) is 0 Å². The minimum absolute atomic E-state index is 0.327. The maximum absolute atomic E-state index is 9.86. The van der Waals surface area contributed by atoms with E-state index in [2.05, 4.69) is 38.3 Å². The smallest absolute Gasteiger partial charge is 0.119 e. The molecular formula is C19H20O. The van der Waals surface area contributed by atoms with Crippen molar-refractivity contribution < 1.29 is 5.11 Å². The molecular weight excluding hydrogens is 244 g/mol. The molecule has 2 aromatic carbocycles. The van der Waals surface area contributed by atoms with Crippen LogP contribution in [0.1, 0.15) is 16.7 Å². The van der Waals surface area contributed by atoms with E-state index in [9.17, 15) is 5.11 Å². The highest BCUT2D eigenvalue weighted by Gasteiger charge is 2.06. The number of benzene rings is 2. The van der Waals surface area contributed by atoms with Gasteiger partial charge >= 0.3 is 0 Å². The van der Waals surface area contributed by atoms with Crippen LogP contribution in [0.25, 0.3) is 11.1 Å². The zero-order valence-corrected chi connectivity index (χ0v) is 11.9. The largest absolute Gasteiger partial charge is 0.508 e. The van der Waals surface area contributed by atoms with E-state index in [1.54, 1.807) is 12.1 Å². The molecule has 0 spiro atoms. The Kier molecular flexibility index (Phi) is 4.41. The van der Waals surface area contributed by atoms with Gasteiger partial charge in [-0.25, -0.2) is 0 Å². The highest BCUT2D eigenvalue weighted by atomic mass is 16.3. The van der Waals surface area contributed by atoms with Crippen LogP contribution >= 0.6 is 0 Å². The van der Waals surface area contributed by atoms with Crippen LogP contribution < -0.4 is 0 Å². The summed E-state index contributed by atoms with van der Waals surface area (Å²) in [6.45, 7) is 9.62. The lowest BCUT2D eigenvalue weighted by Gasteiger charge is -2.11. The predicted molar refractivity (Wildman–Crippen MR) is 86.1 cm³/mol. The van der Waals surface area contributed by atoms with Gasteiger partial charge < -0.3 is 5.11 Å². The number of aromatic hydroxyl groups is 1. The maximum Gasteiger partial charge on any atom is 0.119 e. The summed E-state index contributed by atoms with van der Waals surface area (Å²) >= 11 is 0. The molecule has 0 amide bonds. The first-order chi connectivity index (χ1) is 9.65. The average Bonchev–Trinajstić information content (AvgIpc) is 2.44. The molecule has 0 saturated carbocycles. The van der Waals surface area contributed by atoms with Crippen molar-refractivity contribution in [1.82, 2.24) is 0 Å². The highest BCUT2D eigenvalue weighted by molar-refractivity contribution is 5.69. The third-order valence-electron chi connectivity index (χ3n) is 3.44. The van der Waals surface area contributed by atoms with Crippen molar-refractivity contribution in [1.29, 1.82) is 0 Å². The topological polar surface area (TPSA) is 20.2 Å². The van der Waals surface area contributed by atoms with Crippen LogP contribution in [0.2, 0.25) is 0 Å². The van der Waals surface area contributed by atoms with Crippen molar-refractivity contribution in [2.45, 2.75) is 19.8 Å². The summed E-state index contributed by atoms with van der Waals surface area (Å²) in [5.74, 6) is 0.327. The van der Waals surface area contributed by atoms with Gasteiger partial charge in [-0.15, -0.1) is 13.2 Å². The second kappa shape index (κ2) is 6.25. The molecule has 0 aliphatic heterocycles. The Morgan fingerprint density at radius 2 is 1.75 bits per heavy atom. The summed E-state index contributed by atoms with van der Waals surface area (Å²) in [7, 11) is 0. The van der Waals surface area contributed by atoms with E-state index >= 15 is 0 Å². The SMILES string of the molecule is C=CCc1ccc(C)c(-c2ccc(O)c(CC=C)c2)c1. The average molecular weight is 264 g/mol. The molecule has 1 N–H and O–H groups in total. The third-order valence-corrected chi connectivity index (χ3v) is 3.44. The first-order valence-corrected chi connectivity index (χ1v) is 6.79. The molecule has 0 heterocycles. The quantitative estimate of drug-likeness (QED) is 0.767. The van der Waals surface area contributed by atoms with Crippen molar-refractivity contribution in [3.05, 3.63) is 78.4 Å². The van der Waals surface area contributed by atoms with Gasteiger partial charge in [-0.1, -0.05) is 36.4 Å². The lowest BCUT2D eigenvalue weighted by Crippen LogP contribution is -1.90. The molecule has 0 aliphatic carbocycles. The van der Waals surface area contributed by atoms with Crippen molar-refractivity contribution in [2.24, 2.45) is 0 Å². The van der Waals surface area contributed by atoms with Crippen LogP contribution in [-0.2, 0) is 12.8 Å². The Morgan fingerprint density at radius 3 is 2.45 bits per heavy atom. The molecule has 0 atom stereocenters. The number of phenols is 1. The normalized spacial score (nSPS) is 10.2. The summed E-state index contributed by atoms with van der Waals surface area (Å²) in [6.07, 6.45) is 5.25. The number of allylic oxidation sites excluding steroid dienone is 2. The summed E-state index contributed by atoms with van der Waals surface area (Å²) in [6, 6.07) is 12.2. The fraction of sp³-hybridized carbons (Fsp3) is 0.158. The van der Waals surface area contributed by atoms with Gasteiger partial charge in [0.05, 0.1) is 0 Å². The Labute approximate surface area is 120 Å². The minimum atomic E-state index is 0.327. The summed E-state index contributed by atoms with van der Waals surface area (Å²) < 4.78 is 0. The van der Waals surface area contributed by atoms with Gasteiger partial charge in [-0.2, -0.15) is 0 Å². The van der Waals surface area contributed by atoms with Crippen molar-refractivity contribution in [2.75, 3.05) is 0 Å². The molecule has 0 aromatic heterocycles. The van der Waals surface area contributed by atoms with Gasteiger partial charge in [0.1, 0.15) is 5.75 Å². The van der Waals surface area contributed by atoms with Gasteiger partial charge in [-0.3, -0.25) is 0 Å². The van der Waals surface area contributed by atoms with Crippen molar-refractivity contribution >= 4 is 0 Å². The lowest BCUT2D eigenvalue weighted by molar-refractivity contribution is 0.470. The van der Waals surface area contributed by atoms with E-state index in [-0.39, 0.29) is 0 Å². The molecule has 0 fully saturated rings. The van der Waals surface area contributed by atoms with E-state index in [0.717, 1.165) is 17.5 Å². The standard InChI is InChI=1S/C19H20O/c1-4-6-15-9-8-14(3)18(12-15)16-10-11-19(20)17(13-16)7-5-2/h4-5,8-13,20H,1-2,6-7H2,3H3. The van der Waals surface area contributed by atoms with Crippen molar-refractivity contribution in [3.63, 3.8) is 0 Å². The van der Waals surface area contributed by atoms with Crippen molar-refractivity contribution in [3.8, 4) is 16.9 Å². The van der Waals surface area contributed by atoms with Gasteiger partial charge in [0.2, 0.25) is 0 Å². The Bertz CT molecular complexity index is 638. The summed E-state index contributed by atoms with van der Waals surface area (Å²) in [5.41, 5.74) is 5.72. The molecule has 102 valence electrons. The molecule has 0 unspecified atom stereocenters. The van der Waals surface area contributed by atoms with E-state index in [1.807, 2.05) is 18.2 Å². The second-order valence-electron chi connectivity index (χ2n) is 4.98. The molecule has 1 heteroatoms. The van der Waals surface area contributed by atoms with E-state index in [0.29, 0.717) is 12.2 Å². The number of rotatable bonds is 5. The maximum atomic E-state index is 9.86. The van der Waals surface area contributed by atoms with Gasteiger partial charge in [-0.05, 0) is 59.7 Å². The summed E-state index contributed by atoms with van der Waals surface area (Å²) in [4.78, 5) is 0. The fourth-order valence-electron chi connectivity index (χ4n) is 2.35. The first kappa shape index (κ1) is 14.1. The van der Waals surface area contributed by atoms with E-state index < -0.39 is 0 Å². The number of phenolic OH excluding ortho intramolecular Hbond substituents is 1. The molecule has 0 saturated heterocycles. The lowest BCUT2D eigenvalue weighted by atomic mass is 9.95. The molecule has 0 radical (unpaired) electrons. The van der Waals surface area contributed by atoms with Gasteiger partial charge in [0.25, 0.3) is 0 Å². The Balaban J connectivity index is 2.49. The monoisotopic (exact) mass is 264 g/mol. The predicted octanol–water partition coefficient (Wildman–Crippen LogP) is 4.82. The summed E-state index contributed by atoms with van der Waals surface area (Å²) in [5, 5.41) is 9.86. The van der Waals surface area contributed by atoms with E-state index in [4.69, 9.17) is 0 Å². The molecule has 0 aliphatic rings.